The summed E-state index contributed by atoms with van der Waals surface area (Å²) in [6, 6.07) is 3.66. The Morgan fingerprint density at radius 3 is 2.65 bits per heavy atom. The average molecular weight is 379 g/mol. The van der Waals surface area contributed by atoms with Gasteiger partial charge in [-0.1, -0.05) is 5.16 Å². The fourth-order valence-corrected chi connectivity index (χ4v) is 2.86. The number of amides is 1. The Labute approximate surface area is 157 Å². The highest BCUT2D eigenvalue weighted by Crippen LogP contribution is 2.30. The first-order chi connectivity index (χ1) is 12.0. The molecule has 26 heavy (non-hydrogen) atoms. The van der Waals surface area contributed by atoms with Crippen LogP contribution in [0.15, 0.2) is 21.1 Å². The Kier molecular flexibility index (Phi) is 6.39. The van der Waals surface area contributed by atoms with Gasteiger partial charge in [0, 0.05) is 12.1 Å². The van der Waals surface area contributed by atoms with Gasteiger partial charge in [0.25, 0.3) is 11.6 Å². The molecule has 3 aromatic rings. The predicted molar refractivity (Wildman–Crippen MR) is 102 cm³/mol. The summed E-state index contributed by atoms with van der Waals surface area (Å²) in [7, 11) is 0. The van der Waals surface area contributed by atoms with Crippen molar-refractivity contribution in [3.63, 3.8) is 0 Å². The number of rotatable bonds is 6. The van der Waals surface area contributed by atoms with E-state index in [0.29, 0.717) is 41.1 Å². The summed E-state index contributed by atoms with van der Waals surface area (Å²) in [5, 5.41) is 7.52. The molecule has 0 saturated heterocycles. The van der Waals surface area contributed by atoms with E-state index in [2.05, 4.69) is 15.5 Å². The number of hydrogen-bond acceptors (Lipinski definition) is 6. The van der Waals surface area contributed by atoms with E-state index in [0.717, 1.165) is 29.9 Å². The Balaban J connectivity index is 0.00000243. The van der Waals surface area contributed by atoms with Crippen molar-refractivity contribution < 1.29 is 13.7 Å². The van der Waals surface area contributed by atoms with Gasteiger partial charge in [-0.3, -0.25) is 4.79 Å². The molecular weight excluding hydrogens is 356 g/mol. The molecule has 7 nitrogen and oxygen atoms in total. The van der Waals surface area contributed by atoms with Crippen molar-refractivity contribution in [1.29, 1.82) is 0 Å². The first-order valence-corrected chi connectivity index (χ1v) is 8.34. The quantitative estimate of drug-likeness (QED) is 0.637. The van der Waals surface area contributed by atoms with E-state index in [9.17, 15) is 4.79 Å². The number of halogens is 1. The van der Waals surface area contributed by atoms with Gasteiger partial charge in [0.15, 0.2) is 0 Å². The zero-order chi connectivity index (χ0) is 18.0. The third-order valence-electron chi connectivity index (χ3n) is 4.10. The van der Waals surface area contributed by atoms with Gasteiger partial charge in [0.05, 0.1) is 22.3 Å². The molecule has 0 atom stereocenters. The number of hydrogen-bond donors (Lipinski definition) is 2. The van der Waals surface area contributed by atoms with Gasteiger partial charge in [-0.2, -0.15) is 0 Å². The molecule has 3 N–H and O–H groups in total. The van der Waals surface area contributed by atoms with Crippen LogP contribution in [-0.4, -0.2) is 29.1 Å². The molecule has 0 aromatic carbocycles. The lowest BCUT2D eigenvalue weighted by atomic mass is 10.1. The first-order valence-electron chi connectivity index (χ1n) is 8.34. The number of unbranched alkanes of at least 4 members (excludes halogenated alkanes) is 1. The lowest BCUT2D eigenvalue weighted by molar-refractivity contribution is 0.0954. The number of nitrogens with one attached hydrogen (secondary N) is 1. The monoisotopic (exact) mass is 378 g/mol. The number of carbonyl (C=O) groups excluding carboxylic acids is 1. The highest BCUT2D eigenvalue weighted by molar-refractivity contribution is 6.07. The van der Waals surface area contributed by atoms with Gasteiger partial charge in [-0.05, 0) is 52.3 Å². The average Bonchev–Trinajstić information content (AvgIpc) is 3.12. The molecule has 0 spiro atoms. The topological polar surface area (TPSA) is 107 Å². The van der Waals surface area contributed by atoms with E-state index >= 15 is 0 Å². The molecule has 0 aliphatic heterocycles. The van der Waals surface area contributed by atoms with E-state index < -0.39 is 0 Å². The largest absolute Gasteiger partial charge is 0.466 e. The van der Waals surface area contributed by atoms with Crippen LogP contribution >= 0.6 is 12.4 Å². The molecule has 0 unspecified atom stereocenters. The van der Waals surface area contributed by atoms with Gasteiger partial charge in [-0.15, -0.1) is 12.4 Å². The molecule has 0 saturated carbocycles. The molecule has 0 fully saturated rings. The van der Waals surface area contributed by atoms with Crippen LogP contribution in [-0.2, 0) is 0 Å². The second kappa shape index (κ2) is 8.33. The van der Waals surface area contributed by atoms with Gasteiger partial charge in [0.1, 0.15) is 11.5 Å². The molecule has 0 aliphatic carbocycles. The predicted octanol–water partition coefficient (Wildman–Crippen LogP) is 3.30. The summed E-state index contributed by atoms with van der Waals surface area (Å²) in [6.45, 7) is 6.73. The molecule has 1 amide bonds. The Morgan fingerprint density at radius 1 is 1.23 bits per heavy atom. The minimum Gasteiger partial charge on any atom is -0.466 e. The zero-order valence-electron chi connectivity index (χ0n) is 15.1. The van der Waals surface area contributed by atoms with Gasteiger partial charge in [0.2, 0.25) is 0 Å². The van der Waals surface area contributed by atoms with Crippen molar-refractivity contribution in [2.75, 3.05) is 13.1 Å². The van der Waals surface area contributed by atoms with E-state index in [-0.39, 0.29) is 18.3 Å². The zero-order valence-corrected chi connectivity index (χ0v) is 15.9. The van der Waals surface area contributed by atoms with Crippen molar-refractivity contribution in [1.82, 2.24) is 15.5 Å². The van der Waals surface area contributed by atoms with Crippen LogP contribution in [0, 0.1) is 20.8 Å². The molecule has 3 heterocycles. The number of nitrogens with two attached hydrogens (primary N) is 1. The molecule has 3 rings (SSSR count). The molecular formula is C18H23ClN4O3. The van der Waals surface area contributed by atoms with Crippen molar-refractivity contribution in [2.24, 2.45) is 5.73 Å². The van der Waals surface area contributed by atoms with Crippen LogP contribution in [0.2, 0.25) is 0 Å². The Hall–Kier alpha value is -2.38. The third kappa shape index (κ3) is 3.89. The third-order valence-corrected chi connectivity index (χ3v) is 4.10. The van der Waals surface area contributed by atoms with Crippen LogP contribution in [0.5, 0.6) is 0 Å². The number of nitrogens with zero attached hydrogens (tertiary/aromatic N) is 2. The summed E-state index contributed by atoms with van der Waals surface area (Å²) in [6.07, 6.45) is 1.71. The van der Waals surface area contributed by atoms with Gasteiger partial charge in [-0.25, -0.2) is 4.98 Å². The standard InChI is InChI=1S/C18H22N4O3.ClH/c1-10-8-13(12(3)24-10)15-9-14(17(23)20-7-5-4-6-19)16-11(2)22-25-18(16)21-15;/h8-9H,4-7,19H2,1-3H3,(H,20,23);1H. The molecule has 0 bridgehead atoms. The summed E-state index contributed by atoms with van der Waals surface area (Å²) in [5.74, 6) is 1.36. The van der Waals surface area contributed by atoms with Gasteiger partial charge < -0.3 is 20.0 Å². The van der Waals surface area contributed by atoms with Crippen LogP contribution in [0.1, 0.15) is 40.4 Å². The van der Waals surface area contributed by atoms with Gasteiger partial charge >= 0.3 is 0 Å². The van der Waals surface area contributed by atoms with Crippen LogP contribution in [0.4, 0.5) is 0 Å². The number of pyridine rings is 1. The normalized spacial score (nSPS) is 10.8. The molecule has 0 radical (unpaired) electrons. The Morgan fingerprint density at radius 2 is 2.00 bits per heavy atom. The summed E-state index contributed by atoms with van der Waals surface area (Å²) >= 11 is 0. The Bertz CT molecular complexity index is 917. The highest BCUT2D eigenvalue weighted by atomic mass is 35.5. The number of furan rings is 1. The smallest absolute Gasteiger partial charge is 0.259 e. The van der Waals surface area contributed by atoms with Crippen molar-refractivity contribution in [3.8, 4) is 11.3 Å². The number of carbonyl (C=O) groups is 1. The van der Waals surface area contributed by atoms with E-state index in [1.807, 2.05) is 19.9 Å². The summed E-state index contributed by atoms with van der Waals surface area (Å²) < 4.78 is 10.9. The van der Waals surface area contributed by atoms with E-state index in [1.165, 1.54) is 0 Å². The fourth-order valence-electron chi connectivity index (χ4n) is 2.86. The minimum absolute atomic E-state index is 0. The maximum Gasteiger partial charge on any atom is 0.259 e. The molecule has 0 aliphatic rings. The second-order valence-electron chi connectivity index (χ2n) is 6.08. The lowest BCUT2D eigenvalue weighted by Gasteiger charge is -2.07. The summed E-state index contributed by atoms with van der Waals surface area (Å²) in [5.41, 5.74) is 8.45. The minimum atomic E-state index is -0.171. The number of aryl methyl sites for hydroxylation is 3. The molecule has 3 aromatic heterocycles. The number of aromatic nitrogens is 2. The first kappa shape index (κ1) is 19.9. The SMILES string of the molecule is Cc1cc(-c2cc(C(=O)NCCCCN)c3c(C)noc3n2)c(C)o1.Cl. The van der Waals surface area contributed by atoms with Crippen LogP contribution in [0.3, 0.4) is 0 Å². The fraction of sp³-hybridized carbons (Fsp3) is 0.389. The van der Waals surface area contributed by atoms with Crippen LogP contribution < -0.4 is 11.1 Å². The van der Waals surface area contributed by atoms with E-state index in [1.54, 1.807) is 13.0 Å². The molecule has 140 valence electrons. The summed E-state index contributed by atoms with van der Waals surface area (Å²) in [4.78, 5) is 17.2. The van der Waals surface area contributed by atoms with Crippen molar-refractivity contribution in [3.05, 3.63) is 34.9 Å². The van der Waals surface area contributed by atoms with E-state index in [4.69, 9.17) is 14.7 Å². The van der Waals surface area contributed by atoms with Crippen LogP contribution in [0.25, 0.3) is 22.4 Å². The highest BCUT2D eigenvalue weighted by Gasteiger charge is 2.20. The maximum absolute atomic E-state index is 12.7. The maximum atomic E-state index is 12.7. The lowest BCUT2D eigenvalue weighted by Crippen LogP contribution is -2.25. The van der Waals surface area contributed by atoms with Crippen molar-refractivity contribution in [2.45, 2.75) is 33.6 Å². The van der Waals surface area contributed by atoms with Crippen molar-refractivity contribution >= 4 is 29.4 Å². The second-order valence-corrected chi connectivity index (χ2v) is 6.08. The molecule has 8 heteroatoms. The number of fused-ring (bicyclic) bond motifs is 1.